The number of ether oxygens (including phenoxy) is 4. The van der Waals surface area contributed by atoms with Crippen molar-refractivity contribution in [1.29, 1.82) is 0 Å². The zero-order valence-corrected chi connectivity index (χ0v) is 24.7. The first-order valence-electron chi connectivity index (χ1n) is 12.8. The molecule has 0 spiro atoms. The van der Waals surface area contributed by atoms with E-state index in [9.17, 15) is 0 Å². The van der Waals surface area contributed by atoms with E-state index < -0.39 is 0 Å². The SMILES string of the molecule is CCCCCCCC[N+]1(C)CCc2cc(OC)c(OC)cc2C1Cc1ccc(OC)c(OC)c1.[I-]. The van der Waals surface area contributed by atoms with Crippen molar-refractivity contribution in [3.63, 3.8) is 0 Å². The van der Waals surface area contributed by atoms with E-state index in [1.807, 2.05) is 6.07 Å². The Morgan fingerprint density at radius 3 is 2.03 bits per heavy atom. The van der Waals surface area contributed by atoms with Crippen LogP contribution in [0.5, 0.6) is 23.0 Å². The summed E-state index contributed by atoms with van der Waals surface area (Å²) < 4.78 is 23.4. The van der Waals surface area contributed by atoms with Gasteiger partial charge in [-0.2, -0.15) is 0 Å². The molecule has 6 heteroatoms. The fourth-order valence-electron chi connectivity index (χ4n) is 5.41. The molecule has 1 aliphatic rings. The summed E-state index contributed by atoms with van der Waals surface area (Å²) in [4.78, 5) is 0. The lowest BCUT2D eigenvalue weighted by molar-refractivity contribution is -0.941. The van der Waals surface area contributed by atoms with Gasteiger partial charge in [-0.3, -0.25) is 0 Å². The molecule has 2 unspecified atom stereocenters. The fourth-order valence-corrected chi connectivity index (χ4v) is 5.41. The zero-order chi connectivity index (χ0) is 24.6. The Hall–Kier alpha value is -1.67. The average molecular weight is 598 g/mol. The van der Waals surface area contributed by atoms with E-state index >= 15 is 0 Å². The molecule has 2 aromatic rings. The van der Waals surface area contributed by atoms with Crippen LogP contribution in [0.25, 0.3) is 0 Å². The third-order valence-corrected chi connectivity index (χ3v) is 7.55. The summed E-state index contributed by atoms with van der Waals surface area (Å²) in [6.07, 6.45) is 9.93. The summed E-state index contributed by atoms with van der Waals surface area (Å²) in [6.45, 7) is 4.60. The molecule has 0 aromatic heterocycles. The first kappa shape index (κ1) is 29.6. The van der Waals surface area contributed by atoms with Crippen molar-refractivity contribution in [2.75, 3.05) is 48.6 Å². The highest BCUT2D eigenvalue weighted by Crippen LogP contribution is 2.43. The van der Waals surface area contributed by atoms with Gasteiger partial charge in [-0.15, -0.1) is 0 Å². The van der Waals surface area contributed by atoms with E-state index in [1.165, 1.54) is 61.8 Å². The van der Waals surface area contributed by atoms with Gasteiger partial charge in [0.1, 0.15) is 6.04 Å². The number of halogens is 1. The molecule has 1 heterocycles. The Kier molecular flexibility index (Phi) is 12.0. The molecule has 0 bridgehead atoms. The van der Waals surface area contributed by atoms with Gasteiger partial charge in [-0.25, -0.2) is 0 Å². The fraction of sp³-hybridized carbons (Fsp3) is 0.586. The molecule has 0 fully saturated rings. The van der Waals surface area contributed by atoms with E-state index in [-0.39, 0.29) is 24.0 Å². The molecule has 5 nitrogen and oxygen atoms in total. The second kappa shape index (κ2) is 14.2. The lowest BCUT2D eigenvalue weighted by Gasteiger charge is -2.46. The molecule has 0 saturated carbocycles. The highest BCUT2D eigenvalue weighted by Gasteiger charge is 2.39. The van der Waals surface area contributed by atoms with Crippen LogP contribution in [0.2, 0.25) is 0 Å². The van der Waals surface area contributed by atoms with Gasteiger partial charge < -0.3 is 47.4 Å². The molecule has 2 atom stereocenters. The zero-order valence-electron chi connectivity index (χ0n) is 22.5. The van der Waals surface area contributed by atoms with E-state index in [1.54, 1.807) is 28.4 Å². The summed E-state index contributed by atoms with van der Waals surface area (Å²) in [5.41, 5.74) is 4.02. The topological polar surface area (TPSA) is 36.9 Å². The second-order valence-electron chi connectivity index (χ2n) is 9.76. The van der Waals surface area contributed by atoms with Crippen molar-refractivity contribution in [2.45, 2.75) is 64.3 Å². The maximum Gasteiger partial charge on any atom is 0.161 e. The lowest BCUT2D eigenvalue weighted by Crippen LogP contribution is -3.00. The third-order valence-electron chi connectivity index (χ3n) is 7.55. The number of hydrogen-bond donors (Lipinski definition) is 0. The Morgan fingerprint density at radius 2 is 1.37 bits per heavy atom. The van der Waals surface area contributed by atoms with Crippen LogP contribution < -0.4 is 42.9 Å². The monoisotopic (exact) mass is 597 g/mol. The van der Waals surface area contributed by atoms with Crippen LogP contribution in [0.3, 0.4) is 0 Å². The van der Waals surface area contributed by atoms with E-state index in [0.29, 0.717) is 6.04 Å². The van der Waals surface area contributed by atoms with Crippen LogP contribution in [-0.4, -0.2) is 53.1 Å². The van der Waals surface area contributed by atoms with Crippen LogP contribution >= 0.6 is 0 Å². The Bertz CT molecular complexity index is 935. The van der Waals surface area contributed by atoms with Crippen LogP contribution in [0, 0.1) is 0 Å². The molecule has 196 valence electrons. The van der Waals surface area contributed by atoms with Gasteiger partial charge in [0.25, 0.3) is 0 Å². The summed E-state index contributed by atoms with van der Waals surface area (Å²) in [5.74, 6) is 3.18. The van der Waals surface area contributed by atoms with Gasteiger partial charge >= 0.3 is 0 Å². The van der Waals surface area contributed by atoms with Gasteiger partial charge in [-0.1, -0.05) is 38.7 Å². The Balaban J connectivity index is 0.00000432. The number of rotatable bonds is 13. The number of hydrogen-bond acceptors (Lipinski definition) is 4. The molecular weight excluding hydrogens is 553 g/mol. The smallest absolute Gasteiger partial charge is 0.161 e. The maximum absolute atomic E-state index is 5.70. The third kappa shape index (κ3) is 7.19. The number of methoxy groups -OCH3 is 4. The van der Waals surface area contributed by atoms with Gasteiger partial charge in [0, 0.05) is 18.4 Å². The molecule has 0 N–H and O–H groups in total. The number of quaternary nitrogens is 1. The van der Waals surface area contributed by atoms with Crippen molar-refractivity contribution in [3.05, 3.63) is 47.0 Å². The molecular formula is C29H44INO4. The van der Waals surface area contributed by atoms with Gasteiger partial charge in [0.05, 0.1) is 48.6 Å². The predicted molar refractivity (Wildman–Crippen MR) is 139 cm³/mol. The van der Waals surface area contributed by atoms with Crippen LogP contribution in [0.1, 0.15) is 68.2 Å². The molecule has 0 saturated heterocycles. The Labute approximate surface area is 229 Å². The highest BCUT2D eigenvalue weighted by molar-refractivity contribution is 5.50. The van der Waals surface area contributed by atoms with E-state index in [0.717, 1.165) is 46.9 Å². The number of likely N-dealkylation sites (N-methyl/N-ethyl adjacent to an activating group) is 1. The molecule has 1 aliphatic heterocycles. The van der Waals surface area contributed by atoms with Gasteiger partial charge in [0.15, 0.2) is 23.0 Å². The molecule has 0 amide bonds. The van der Waals surface area contributed by atoms with Crippen molar-refractivity contribution in [2.24, 2.45) is 0 Å². The molecule has 2 aromatic carbocycles. The quantitative estimate of drug-likeness (QED) is 0.202. The molecule has 0 radical (unpaired) electrons. The number of unbranched alkanes of at least 4 members (excludes halogenated alkanes) is 5. The Morgan fingerprint density at radius 1 is 0.771 bits per heavy atom. The highest BCUT2D eigenvalue weighted by atomic mass is 127. The van der Waals surface area contributed by atoms with Crippen LogP contribution in [0.15, 0.2) is 30.3 Å². The normalized spacial score (nSPS) is 18.9. The van der Waals surface area contributed by atoms with E-state index in [4.69, 9.17) is 18.9 Å². The van der Waals surface area contributed by atoms with Crippen molar-refractivity contribution < 1.29 is 47.4 Å². The average Bonchev–Trinajstić information content (AvgIpc) is 2.87. The largest absolute Gasteiger partial charge is 1.00 e. The van der Waals surface area contributed by atoms with Crippen LogP contribution in [-0.2, 0) is 12.8 Å². The molecule has 35 heavy (non-hydrogen) atoms. The lowest BCUT2D eigenvalue weighted by atomic mass is 9.86. The minimum Gasteiger partial charge on any atom is -1.00 e. The minimum atomic E-state index is 0. The maximum atomic E-state index is 5.70. The number of nitrogens with zero attached hydrogens (tertiary/aromatic N) is 1. The second-order valence-corrected chi connectivity index (χ2v) is 9.76. The first-order chi connectivity index (χ1) is 16.5. The summed E-state index contributed by atoms with van der Waals surface area (Å²) in [5, 5.41) is 0. The van der Waals surface area contributed by atoms with Crippen molar-refractivity contribution in [1.82, 2.24) is 0 Å². The number of fused-ring (bicyclic) bond motifs is 1. The number of benzene rings is 2. The standard InChI is InChI=1S/C29H44NO4.HI/c1-7-8-9-10-11-12-16-30(2)17-15-23-20-28(33-5)29(34-6)21-24(23)25(30)18-22-13-14-26(31-3)27(19-22)32-4;/h13-14,19-21,25H,7-12,15-18H2,1-6H3;1H/q+1;/p-1. The summed E-state index contributed by atoms with van der Waals surface area (Å²) in [7, 11) is 9.27. The molecule has 3 rings (SSSR count). The molecule has 0 aliphatic carbocycles. The summed E-state index contributed by atoms with van der Waals surface area (Å²) >= 11 is 0. The summed E-state index contributed by atoms with van der Waals surface area (Å²) in [6, 6.07) is 11.1. The van der Waals surface area contributed by atoms with Crippen molar-refractivity contribution >= 4 is 0 Å². The predicted octanol–water partition coefficient (Wildman–Crippen LogP) is 3.37. The first-order valence-corrected chi connectivity index (χ1v) is 12.8. The minimum absolute atomic E-state index is 0. The van der Waals surface area contributed by atoms with E-state index in [2.05, 4.69) is 38.2 Å². The van der Waals surface area contributed by atoms with Crippen LogP contribution in [0.4, 0.5) is 0 Å². The van der Waals surface area contributed by atoms with Gasteiger partial charge in [-0.05, 0) is 48.2 Å². The van der Waals surface area contributed by atoms with Crippen molar-refractivity contribution in [3.8, 4) is 23.0 Å². The van der Waals surface area contributed by atoms with Gasteiger partial charge in [0.2, 0.25) is 0 Å².